The van der Waals surface area contributed by atoms with Crippen LogP contribution in [0.3, 0.4) is 0 Å². The molecular formula is C10H13BrClFN2O3S. The zero-order valence-electron chi connectivity index (χ0n) is 10.2. The number of rotatable bonds is 4. The van der Waals surface area contributed by atoms with Crippen LogP contribution in [-0.2, 0) is 10.0 Å². The smallest absolute Gasteiger partial charge is 0.246 e. The molecule has 0 fully saturated rings. The fraction of sp³-hybridized carbons (Fsp3) is 0.400. The van der Waals surface area contributed by atoms with Crippen molar-refractivity contribution in [3.8, 4) is 0 Å². The van der Waals surface area contributed by atoms with Crippen molar-refractivity contribution in [2.45, 2.75) is 17.9 Å². The van der Waals surface area contributed by atoms with Crippen molar-refractivity contribution < 1.29 is 17.9 Å². The molecular weight excluding hydrogens is 363 g/mol. The van der Waals surface area contributed by atoms with Crippen LogP contribution in [-0.4, -0.2) is 37.5 Å². The lowest BCUT2D eigenvalue weighted by Gasteiger charge is -2.23. The number of nitrogen functional groups attached to an aromatic ring is 1. The molecule has 1 unspecified atom stereocenters. The summed E-state index contributed by atoms with van der Waals surface area (Å²) in [7, 11) is -2.89. The Morgan fingerprint density at radius 2 is 2.16 bits per heavy atom. The van der Waals surface area contributed by atoms with Crippen LogP contribution < -0.4 is 5.73 Å². The minimum absolute atomic E-state index is 0.0115. The molecule has 0 aliphatic heterocycles. The van der Waals surface area contributed by atoms with Crippen LogP contribution in [0.1, 0.15) is 6.92 Å². The molecule has 0 heterocycles. The molecule has 0 aliphatic carbocycles. The zero-order valence-corrected chi connectivity index (χ0v) is 13.4. The number of likely N-dealkylation sites (N-methyl/N-ethyl adjacent to an activating group) is 1. The summed E-state index contributed by atoms with van der Waals surface area (Å²) in [4.78, 5) is -0.624. The fourth-order valence-corrected chi connectivity index (χ4v) is 3.31. The second kappa shape index (κ2) is 5.92. The highest BCUT2D eigenvalue weighted by atomic mass is 79.9. The Kier molecular flexibility index (Phi) is 5.19. The van der Waals surface area contributed by atoms with Gasteiger partial charge in [-0.25, -0.2) is 12.8 Å². The Morgan fingerprint density at radius 1 is 1.63 bits per heavy atom. The molecule has 0 bridgehead atoms. The predicted octanol–water partition coefficient (Wildman–Crippen LogP) is 1.83. The summed E-state index contributed by atoms with van der Waals surface area (Å²) in [5.41, 5.74) is 5.07. The minimum Gasteiger partial charge on any atom is -0.395 e. The Hall–Kier alpha value is -0.410. The van der Waals surface area contributed by atoms with Crippen molar-refractivity contribution in [3.63, 3.8) is 0 Å². The van der Waals surface area contributed by atoms with E-state index in [1.54, 1.807) is 0 Å². The van der Waals surface area contributed by atoms with Gasteiger partial charge in [-0.3, -0.25) is 0 Å². The third-order valence-corrected chi connectivity index (χ3v) is 6.05. The van der Waals surface area contributed by atoms with E-state index >= 15 is 0 Å². The van der Waals surface area contributed by atoms with Crippen molar-refractivity contribution >= 4 is 43.2 Å². The van der Waals surface area contributed by atoms with Crippen molar-refractivity contribution in [2.24, 2.45) is 0 Å². The Bertz CT molecular complexity index is 597. The highest BCUT2D eigenvalue weighted by Crippen LogP contribution is 2.35. The minimum atomic E-state index is -4.13. The molecule has 3 N–H and O–H groups in total. The first-order chi connectivity index (χ1) is 8.64. The molecule has 9 heteroatoms. The number of sulfonamides is 1. The molecule has 0 amide bonds. The molecule has 0 spiro atoms. The molecule has 19 heavy (non-hydrogen) atoms. The van der Waals surface area contributed by atoms with Gasteiger partial charge in [-0.2, -0.15) is 4.31 Å². The first kappa shape index (κ1) is 16.6. The van der Waals surface area contributed by atoms with E-state index in [0.29, 0.717) is 0 Å². The lowest BCUT2D eigenvalue weighted by molar-refractivity contribution is 0.213. The van der Waals surface area contributed by atoms with Crippen LogP contribution >= 0.6 is 27.5 Å². The van der Waals surface area contributed by atoms with E-state index in [9.17, 15) is 12.8 Å². The molecule has 0 radical (unpaired) electrons. The van der Waals surface area contributed by atoms with Crippen LogP contribution in [0.4, 0.5) is 10.1 Å². The predicted molar refractivity (Wildman–Crippen MR) is 75.0 cm³/mol. The van der Waals surface area contributed by atoms with E-state index < -0.39 is 33.4 Å². The first-order valence-corrected chi connectivity index (χ1v) is 7.77. The van der Waals surface area contributed by atoms with Gasteiger partial charge in [0.2, 0.25) is 10.0 Å². The largest absolute Gasteiger partial charge is 0.395 e. The molecule has 0 saturated heterocycles. The summed E-state index contributed by atoms with van der Waals surface area (Å²) in [6, 6.07) is 0.279. The third kappa shape index (κ3) is 3.03. The number of anilines is 1. The molecule has 1 aromatic rings. The fourth-order valence-electron chi connectivity index (χ4n) is 1.29. The van der Waals surface area contributed by atoms with E-state index in [1.165, 1.54) is 14.0 Å². The monoisotopic (exact) mass is 374 g/mol. The topological polar surface area (TPSA) is 83.6 Å². The number of benzene rings is 1. The van der Waals surface area contributed by atoms with E-state index in [2.05, 4.69) is 15.9 Å². The van der Waals surface area contributed by atoms with E-state index in [0.717, 1.165) is 10.4 Å². The summed E-state index contributed by atoms with van der Waals surface area (Å²) >= 11 is 8.75. The molecule has 108 valence electrons. The Labute approximate surface area is 124 Å². The standard InChI is InChI=1S/C10H13BrClFN2O3S/c1-5(4-16)15(2)19(17,18)7-3-6(12)8(11)10(14)9(7)13/h3,5,16H,4,14H2,1-2H3. The Morgan fingerprint density at radius 3 is 2.63 bits per heavy atom. The number of aliphatic hydroxyl groups is 1. The van der Waals surface area contributed by atoms with Gasteiger partial charge in [0, 0.05) is 13.1 Å². The molecule has 1 atom stereocenters. The maximum Gasteiger partial charge on any atom is 0.246 e. The van der Waals surface area contributed by atoms with Crippen LogP contribution in [0.5, 0.6) is 0 Å². The first-order valence-electron chi connectivity index (χ1n) is 5.16. The van der Waals surface area contributed by atoms with Gasteiger partial charge in [-0.15, -0.1) is 0 Å². The summed E-state index contributed by atoms with van der Waals surface area (Å²) in [6.45, 7) is 1.09. The number of halogens is 3. The van der Waals surface area contributed by atoms with Crippen LogP contribution in [0.15, 0.2) is 15.4 Å². The SMILES string of the molecule is CC(CO)N(C)S(=O)(=O)c1cc(Cl)c(Br)c(N)c1F. The van der Waals surface area contributed by atoms with E-state index in [4.69, 9.17) is 22.4 Å². The number of hydrogen-bond acceptors (Lipinski definition) is 4. The van der Waals surface area contributed by atoms with Gasteiger partial charge in [-0.1, -0.05) is 11.6 Å². The quantitative estimate of drug-likeness (QED) is 0.621. The van der Waals surface area contributed by atoms with Crippen LogP contribution in [0, 0.1) is 5.82 Å². The number of aliphatic hydroxyl groups excluding tert-OH is 1. The van der Waals surface area contributed by atoms with Crippen molar-refractivity contribution in [1.82, 2.24) is 4.31 Å². The average Bonchev–Trinajstić information content (AvgIpc) is 2.38. The van der Waals surface area contributed by atoms with Gasteiger partial charge in [0.15, 0.2) is 5.82 Å². The maximum atomic E-state index is 14.0. The molecule has 1 rings (SSSR count). The number of nitrogens with zero attached hydrogens (tertiary/aromatic N) is 1. The normalized spacial score (nSPS) is 13.8. The van der Waals surface area contributed by atoms with Gasteiger partial charge in [0.25, 0.3) is 0 Å². The maximum absolute atomic E-state index is 14.0. The second-order valence-electron chi connectivity index (χ2n) is 3.95. The van der Waals surface area contributed by atoms with E-state index in [1.807, 2.05) is 0 Å². The lowest BCUT2D eigenvalue weighted by atomic mass is 10.3. The van der Waals surface area contributed by atoms with Crippen molar-refractivity contribution in [3.05, 3.63) is 21.4 Å². The average molecular weight is 376 g/mol. The summed E-state index contributed by atoms with van der Waals surface area (Å²) in [6.07, 6.45) is 0. The molecule has 0 aromatic heterocycles. The molecule has 0 saturated carbocycles. The van der Waals surface area contributed by atoms with Gasteiger partial charge < -0.3 is 10.8 Å². The van der Waals surface area contributed by atoms with Crippen LogP contribution in [0.2, 0.25) is 5.02 Å². The van der Waals surface area contributed by atoms with Gasteiger partial charge in [-0.05, 0) is 28.9 Å². The zero-order chi connectivity index (χ0) is 15.0. The van der Waals surface area contributed by atoms with E-state index in [-0.39, 0.29) is 15.2 Å². The molecule has 0 aliphatic rings. The van der Waals surface area contributed by atoms with Crippen LogP contribution in [0.25, 0.3) is 0 Å². The highest BCUT2D eigenvalue weighted by Gasteiger charge is 2.30. The third-order valence-electron chi connectivity index (χ3n) is 2.70. The lowest BCUT2D eigenvalue weighted by Crippen LogP contribution is -2.37. The molecule has 5 nitrogen and oxygen atoms in total. The van der Waals surface area contributed by atoms with Crippen molar-refractivity contribution in [1.29, 1.82) is 0 Å². The number of nitrogens with two attached hydrogens (primary N) is 1. The summed E-state index contributed by atoms with van der Waals surface area (Å²) < 4.78 is 39.4. The highest BCUT2D eigenvalue weighted by molar-refractivity contribution is 9.10. The van der Waals surface area contributed by atoms with Gasteiger partial charge >= 0.3 is 0 Å². The summed E-state index contributed by atoms with van der Waals surface area (Å²) in [5, 5.41) is 8.97. The number of hydrogen-bond donors (Lipinski definition) is 2. The van der Waals surface area contributed by atoms with Gasteiger partial charge in [0.05, 0.1) is 21.8 Å². The van der Waals surface area contributed by atoms with Crippen molar-refractivity contribution in [2.75, 3.05) is 19.4 Å². The summed E-state index contributed by atoms with van der Waals surface area (Å²) in [5.74, 6) is -1.08. The molecule has 1 aromatic carbocycles. The second-order valence-corrected chi connectivity index (χ2v) is 7.12. The Balaban J connectivity index is 3.46. The van der Waals surface area contributed by atoms with Gasteiger partial charge in [0.1, 0.15) is 4.90 Å².